The van der Waals surface area contributed by atoms with Crippen molar-refractivity contribution in [2.45, 2.75) is 25.1 Å². The molecule has 1 unspecified atom stereocenters. The van der Waals surface area contributed by atoms with Crippen molar-refractivity contribution in [3.63, 3.8) is 0 Å². The Hall–Kier alpha value is -2.15. The molecule has 3 rings (SSSR count). The van der Waals surface area contributed by atoms with Crippen LogP contribution in [0.3, 0.4) is 0 Å². The van der Waals surface area contributed by atoms with Crippen molar-refractivity contribution in [1.82, 2.24) is 9.97 Å². The molecule has 2 aromatic rings. The third-order valence-electron chi connectivity index (χ3n) is 4.13. The van der Waals surface area contributed by atoms with Gasteiger partial charge in [-0.25, -0.2) is 9.97 Å². The van der Waals surface area contributed by atoms with Gasteiger partial charge in [0.05, 0.1) is 6.10 Å². The molecule has 1 saturated carbocycles. The van der Waals surface area contributed by atoms with Crippen LogP contribution in [-0.2, 0) is 6.18 Å². The second-order valence-electron chi connectivity index (χ2n) is 5.79. The average molecular weight is 323 g/mol. The number of hydrogen-bond acceptors (Lipinski definition) is 4. The van der Waals surface area contributed by atoms with E-state index in [4.69, 9.17) is 0 Å². The topological polar surface area (TPSA) is 58.0 Å². The third kappa shape index (κ3) is 3.44. The number of aliphatic hydroxyl groups is 1. The molecule has 2 N–H and O–H groups in total. The quantitative estimate of drug-likeness (QED) is 0.885. The van der Waals surface area contributed by atoms with Gasteiger partial charge in [0, 0.05) is 18.2 Å². The van der Waals surface area contributed by atoms with E-state index in [1.54, 1.807) is 0 Å². The summed E-state index contributed by atoms with van der Waals surface area (Å²) in [7, 11) is 0. The maximum absolute atomic E-state index is 12.6. The van der Waals surface area contributed by atoms with Crippen LogP contribution in [0, 0.1) is 5.41 Å². The lowest BCUT2D eigenvalue weighted by Gasteiger charge is -2.23. The molecule has 1 aromatic heterocycles. The van der Waals surface area contributed by atoms with E-state index in [-0.39, 0.29) is 11.4 Å². The Morgan fingerprint density at radius 2 is 1.87 bits per heavy atom. The molecular formula is C16H16F3N3O. The maximum atomic E-state index is 12.6. The van der Waals surface area contributed by atoms with Crippen LogP contribution in [0.5, 0.6) is 0 Å². The van der Waals surface area contributed by atoms with Gasteiger partial charge in [-0.15, -0.1) is 0 Å². The summed E-state index contributed by atoms with van der Waals surface area (Å²) in [4.78, 5) is 7.29. The molecule has 0 saturated heterocycles. The average Bonchev–Trinajstić information content (AvgIpc) is 3.34. The predicted molar refractivity (Wildman–Crippen MR) is 78.6 cm³/mol. The summed E-state index contributed by atoms with van der Waals surface area (Å²) in [6.45, 7) is 0.324. The Labute approximate surface area is 131 Å². The highest BCUT2D eigenvalue weighted by atomic mass is 19.4. The largest absolute Gasteiger partial charge is 0.433 e. The molecule has 4 nitrogen and oxygen atoms in total. The van der Waals surface area contributed by atoms with Gasteiger partial charge in [-0.2, -0.15) is 13.2 Å². The molecule has 1 aliphatic carbocycles. The molecule has 0 spiro atoms. The second kappa shape index (κ2) is 5.81. The first-order chi connectivity index (χ1) is 10.9. The summed E-state index contributed by atoms with van der Waals surface area (Å²) in [6.07, 6.45) is -2.49. The number of benzene rings is 1. The van der Waals surface area contributed by atoms with Crippen LogP contribution in [0.1, 0.15) is 30.2 Å². The Morgan fingerprint density at radius 1 is 1.17 bits per heavy atom. The molecule has 0 aliphatic heterocycles. The fourth-order valence-corrected chi connectivity index (χ4v) is 2.55. The first-order valence-electron chi connectivity index (χ1n) is 7.28. The van der Waals surface area contributed by atoms with Crippen molar-refractivity contribution in [2.24, 2.45) is 5.41 Å². The van der Waals surface area contributed by atoms with E-state index >= 15 is 0 Å². The number of aliphatic hydroxyl groups excluding tert-OH is 1. The zero-order valence-electron chi connectivity index (χ0n) is 12.2. The van der Waals surface area contributed by atoms with Gasteiger partial charge in [0.1, 0.15) is 5.69 Å². The Balaban J connectivity index is 1.69. The van der Waals surface area contributed by atoms with Gasteiger partial charge in [0.25, 0.3) is 0 Å². The Morgan fingerprint density at radius 3 is 2.48 bits per heavy atom. The van der Waals surface area contributed by atoms with Crippen LogP contribution in [0.15, 0.2) is 42.6 Å². The molecule has 1 aliphatic rings. The fourth-order valence-electron chi connectivity index (χ4n) is 2.55. The predicted octanol–water partition coefficient (Wildman–Crippen LogP) is 3.42. The molecule has 0 bridgehead atoms. The first-order valence-corrected chi connectivity index (χ1v) is 7.28. The molecule has 1 atom stereocenters. The fraction of sp³-hybridized carbons (Fsp3) is 0.375. The van der Waals surface area contributed by atoms with E-state index in [0.717, 1.165) is 30.7 Å². The van der Waals surface area contributed by atoms with Crippen LogP contribution in [0.25, 0.3) is 0 Å². The lowest BCUT2D eigenvalue weighted by atomic mass is 9.93. The molecule has 7 heteroatoms. The summed E-state index contributed by atoms with van der Waals surface area (Å²) in [5.41, 5.74) is -0.556. The zero-order chi connectivity index (χ0) is 16.5. The van der Waals surface area contributed by atoms with Gasteiger partial charge in [0.2, 0.25) is 5.95 Å². The summed E-state index contributed by atoms with van der Waals surface area (Å²) in [6, 6.07) is 10.1. The van der Waals surface area contributed by atoms with Gasteiger partial charge in [-0.3, -0.25) is 0 Å². The minimum absolute atomic E-state index is 0.0774. The second-order valence-corrected chi connectivity index (χ2v) is 5.79. The molecule has 0 amide bonds. The third-order valence-corrected chi connectivity index (χ3v) is 4.13. The number of anilines is 1. The Kier molecular flexibility index (Phi) is 3.97. The summed E-state index contributed by atoms with van der Waals surface area (Å²) in [5.74, 6) is -0.0774. The number of nitrogens with zero attached hydrogens (tertiary/aromatic N) is 2. The number of rotatable bonds is 5. The van der Waals surface area contributed by atoms with E-state index in [1.165, 1.54) is 0 Å². The van der Waals surface area contributed by atoms with Gasteiger partial charge in [0.15, 0.2) is 0 Å². The smallest absolute Gasteiger partial charge is 0.388 e. The number of halogens is 3. The van der Waals surface area contributed by atoms with E-state index in [9.17, 15) is 18.3 Å². The van der Waals surface area contributed by atoms with Gasteiger partial charge in [-0.05, 0) is 24.5 Å². The lowest BCUT2D eigenvalue weighted by molar-refractivity contribution is -0.141. The monoisotopic (exact) mass is 323 g/mol. The number of aromatic nitrogens is 2. The SMILES string of the molecule is OC(c1ccccc1)C1(CNc2nccc(C(F)(F)F)n2)CC1. The molecule has 122 valence electrons. The summed E-state index contributed by atoms with van der Waals surface area (Å²) in [5, 5.41) is 13.3. The molecule has 1 fully saturated rings. The summed E-state index contributed by atoms with van der Waals surface area (Å²) >= 11 is 0. The van der Waals surface area contributed by atoms with Crippen molar-refractivity contribution in [3.05, 3.63) is 53.9 Å². The van der Waals surface area contributed by atoms with E-state index in [2.05, 4.69) is 15.3 Å². The van der Waals surface area contributed by atoms with Crippen LogP contribution in [-0.4, -0.2) is 21.6 Å². The van der Waals surface area contributed by atoms with Gasteiger partial charge in [-0.1, -0.05) is 30.3 Å². The van der Waals surface area contributed by atoms with Crippen LogP contribution < -0.4 is 5.32 Å². The highest BCUT2D eigenvalue weighted by molar-refractivity contribution is 5.29. The number of nitrogens with one attached hydrogen (secondary N) is 1. The minimum Gasteiger partial charge on any atom is -0.388 e. The van der Waals surface area contributed by atoms with Crippen molar-refractivity contribution >= 4 is 5.95 Å². The Bertz CT molecular complexity index is 672. The van der Waals surface area contributed by atoms with E-state index < -0.39 is 18.0 Å². The molecule has 23 heavy (non-hydrogen) atoms. The zero-order valence-corrected chi connectivity index (χ0v) is 12.2. The minimum atomic E-state index is -4.50. The highest BCUT2D eigenvalue weighted by Gasteiger charge is 2.49. The van der Waals surface area contributed by atoms with E-state index in [1.807, 2.05) is 30.3 Å². The van der Waals surface area contributed by atoms with E-state index in [0.29, 0.717) is 6.54 Å². The molecular weight excluding hydrogens is 307 g/mol. The standard InChI is InChI=1S/C16H16F3N3O/c17-16(18,19)12-6-9-20-14(22-12)21-10-15(7-8-15)13(23)11-4-2-1-3-5-11/h1-6,9,13,23H,7-8,10H2,(H,20,21,22). The molecule has 1 aromatic carbocycles. The highest BCUT2D eigenvalue weighted by Crippen LogP contribution is 2.54. The molecule has 0 radical (unpaired) electrons. The van der Waals surface area contributed by atoms with Gasteiger partial charge >= 0.3 is 6.18 Å². The summed E-state index contributed by atoms with van der Waals surface area (Å²) < 4.78 is 37.9. The van der Waals surface area contributed by atoms with Crippen molar-refractivity contribution in [1.29, 1.82) is 0 Å². The lowest BCUT2D eigenvalue weighted by Crippen LogP contribution is -2.24. The normalized spacial score (nSPS) is 17.6. The van der Waals surface area contributed by atoms with Gasteiger partial charge < -0.3 is 10.4 Å². The van der Waals surface area contributed by atoms with Crippen molar-refractivity contribution in [2.75, 3.05) is 11.9 Å². The van der Waals surface area contributed by atoms with Crippen molar-refractivity contribution in [3.8, 4) is 0 Å². The van der Waals surface area contributed by atoms with Crippen LogP contribution >= 0.6 is 0 Å². The number of hydrogen-bond donors (Lipinski definition) is 2. The molecule has 1 heterocycles. The number of alkyl halides is 3. The first kappa shape index (κ1) is 15.7. The van der Waals surface area contributed by atoms with Crippen molar-refractivity contribution < 1.29 is 18.3 Å². The maximum Gasteiger partial charge on any atom is 0.433 e. The van der Waals surface area contributed by atoms with Crippen LogP contribution in [0.4, 0.5) is 19.1 Å². The van der Waals surface area contributed by atoms with Crippen LogP contribution in [0.2, 0.25) is 0 Å².